The van der Waals surface area contributed by atoms with Crippen LogP contribution < -0.4 is 0 Å². The van der Waals surface area contributed by atoms with Crippen LogP contribution in [0.15, 0.2) is 57.1 Å². The number of allylic oxidation sites excluding steroid dienone is 3. The van der Waals surface area contributed by atoms with Crippen LogP contribution in [0.2, 0.25) is 5.82 Å². The Balaban J connectivity index is 1.80. The van der Waals surface area contributed by atoms with Gasteiger partial charge in [-0.25, -0.2) is 9.98 Å². The van der Waals surface area contributed by atoms with E-state index in [1.54, 1.807) is 0 Å². The lowest BCUT2D eigenvalue weighted by molar-refractivity contribution is -0.173. The van der Waals surface area contributed by atoms with Gasteiger partial charge in [0.25, 0.3) is 0 Å². The maximum absolute atomic E-state index is 13.2. The molecule has 0 amide bonds. The average molecular weight is 500 g/mol. The first kappa shape index (κ1) is 28.4. The number of hydrogen-bond acceptors (Lipinski definition) is 3. The van der Waals surface area contributed by atoms with Crippen molar-refractivity contribution in [2.75, 3.05) is 6.61 Å². The lowest BCUT2D eigenvalue weighted by Gasteiger charge is -2.30. The van der Waals surface area contributed by atoms with Crippen molar-refractivity contribution in [3.8, 4) is 0 Å². The predicted molar refractivity (Wildman–Crippen MR) is 143 cm³/mol. The second-order valence-electron chi connectivity index (χ2n) is 10.3. The molecule has 1 saturated heterocycles. The van der Waals surface area contributed by atoms with Crippen LogP contribution in [0.5, 0.6) is 0 Å². The van der Waals surface area contributed by atoms with E-state index in [0.29, 0.717) is 36.8 Å². The highest BCUT2D eigenvalue weighted by Gasteiger charge is 2.37. The number of ether oxygens (including phenoxy) is 1. The van der Waals surface area contributed by atoms with Gasteiger partial charge in [-0.2, -0.15) is 13.2 Å². The van der Waals surface area contributed by atoms with Crippen molar-refractivity contribution in [3.63, 3.8) is 0 Å². The van der Waals surface area contributed by atoms with Crippen molar-refractivity contribution in [1.29, 1.82) is 5.41 Å². The minimum atomic E-state index is -4.21. The second kappa shape index (κ2) is 12.4. The van der Waals surface area contributed by atoms with Gasteiger partial charge in [0.05, 0.1) is 12.0 Å². The van der Waals surface area contributed by atoms with E-state index < -0.39 is 12.1 Å². The monoisotopic (exact) mass is 500 g/mol. The van der Waals surface area contributed by atoms with Crippen LogP contribution in [-0.2, 0) is 4.74 Å². The summed E-state index contributed by atoms with van der Waals surface area (Å²) in [6, 6.07) is 0. The van der Waals surface area contributed by atoms with Crippen molar-refractivity contribution < 1.29 is 17.9 Å². The Hall–Kier alpha value is -2.22. The number of hydrogen-bond donors (Lipinski definition) is 1. The van der Waals surface area contributed by atoms with Crippen LogP contribution in [0.25, 0.3) is 0 Å². The molecule has 195 valence electrons. The highest BCUT2D eigenvalue weighted by Crippen LogP contribution is 2.37. The molecular weight excluding hydrogens is 462 g/mol. The number of nitrogens with one attached hydrogen (secondary N) is 1. The smallest absolute Gasteiger partial charge is 0.373 e. The van der Waals surface area contributed by atoms with E-state index in [1.807, 2.05) is 38.9 Å². The van der Waals surface area contributed by atoms with Gasteiger partial charge in [-0.15, -0.1) is 5.98 Å². The fourth-order valence-corrected chi connectivity index (χ4v) is 4.71. The lowest BCUT2D eigenvalue weighted by atomic mass is 9.70. The van der Waals surface area contributed by atoms with Crippen LogP contribution >= 0.6 is 0 Å². The van der Waals surface area contributed by atoms with Gasteiger partial charge in [0.2, 0.25) is 0 Å². The Morgan fingerprint density at radius 3 is 2.67 bits per heavy atom. The SMILES string of the molecule is C=C(N=C1N=C(C)C=C/C1=C(/C)C(CC)CC(C)C(F)(F)F)C1CCOC(/C(C=N)=C/[B]C2CC2)C1. The predicted octanol–water partition coefficient (Wildman–Crippen LogP) is 7.48. The van der Waals surface area contributed by atoms with E-state index in [0.717, 1.165) is 28.9 Å². The minimum absolute atomic E-state index is 0.0400. The van der Waals surface area contributed by atoms with E-state index in [1.165, 1.54) is 26.0 Å². The maximum Gasteiger partial charge on any atom is 0.391 e. The molecule has 0 spiro atoms. The summed E-state index contributed by atoms with van der Waals surface area (Å²) in [4.78, 5) is 9.47. The Kier molecular flexibility index (Phi) is 9.73. The zero-order valence-corrected chi connectivity index (χ0v) is 21.9. The summed E-state index contributed by atoms with van der Waals surface area (Å²) in [5.41, 5.74) is 4.02. The molecule has 2 heterocycles. The van der Waals surface area contributed by atoms with Gasteiger partial charge < -0.3 is 10.1 Å². The van der Waals surface area contributed by atoms with E-state index in [9.17, 15) is 13.2 Å². The van der Waals surface area contributed by atoms with Gasteiger partial charge in [0.15, 0.2) is 5.84 Å². The van der Waals surface area contributed by atoms with Crippen molar-refractivity contribution in [3.05, 3.63) is 47.1 Å². The second-order valence-corrected chi connectivity index (χ2v) is 10.3. The summed E-state index contributed by atoms with van der Waals surface area (Å²) in [6.45, 7) is 11.8. The van der Waals surface area contributed by atoms with E-state index in [4.69, 9.17) is 15.1 Å². The van der Waals surface area contributed by atoms with Crippen molar-refractivity contribution in [2.24, 2.45) is 27.7 Å². The number of rotatable bonds is 10. The molecule has 0 bridgehead atoms. The van der Waals surface area contributed by atoms with Gasteiger partial charge in [0.1, 0.15) is 7.28 Å². The average Bonchev–Trinajstić information content (AvgIpc) is 3.66. The highest BCUT2D eigenvalue weighted by molar-refractivity contribution is 6.45. The largest absolute Gasteiger partial charge is 0.391 e. The molecule has 4 atom stereocenters. The number of alkyl halides is 3. The first-order valence-electron chi connectivity index (χ1n) is 13.0. The van der Waals surface area contributed by atoms with Crippen LogP contribution in [0, 0.1) is 23.2 Å². The van der Waals surface area contributed by atoms with Crippen LogP contribution in [0.1, 0.15) is 66.2 Å². The van der Waals surface area contributed by atoms with Crippen molar-refractivity contribution >= 4 is 25.0 Å². The standard InChI is InChI=1S/C28H38BF3N3O/c1-6-21(13-17(2)28(30,31)32)19(4)25-10-7-18(3)34-27(25)35-20(5)22-11-12-36-26(14-22)23(16-33)15-29-24-8-9-24/h7,10,15-17,21-22,24,26,33H,5-6,8-9,11-14H2,1-4H3/b23-15+,25-19+,33-16?,35-27?. The summed E-state index contributed by atoms with van der Waals surface area (Å²) in [7, 11) is 2.16. The summed E-state index contributed by atoms with van der Waals surface area (Å²) in [5, 5.41) is 7.84. The molecule has 1 saturated carbocycles. The summed E-state index contributed by atoms with van der Waals surface area (Å²) < 4.78 is 45.7. The number of amidine groups is 1. The molecule has 8 heteroatoms. The zero-order valence-electron chi connectivity index (χ0n) is 21.9. The first-order chi connectivity index (χ1) is 17.0. The zero-order chi connectivity index (χ0) is 26.5. The topological polar surface area (TPSA) is 57.8 Å². The van der Waals surface area contributed by atoms with E-state index in [-0.39, 0.29) is 24.4 Å². The molecule has 3 aliphatic rings. The molecule has 2 aliphatic heterocycles. The molecule has 1 radical (unpaired) electrons. The van der Waals surface area contributed by atoms with Gasteiger partial charge in [-0.1, -0.05) is 44.7 Å². The quantitative estimate of drug-likeness (QED) is 0.245. The fraction of sp³-hybridized carbons (Fsp3) is 0.607. The molecule has 2 fully saturated rings. The Morgan fingerprint density at radius 1 is 1.33 bits per heavy atom. The lowest BCUT2D eigenvalue weighted by Crippen LogP contribution is -2.29. The molecule has 0 aromatic carbocycles. The molecule has 0 aromatic heterocycles. The third kappa shape index (κ3) is 7.64. The van der Waals surface area contributed by atoms with Crippen LogP contribution in [0.3, 0.4) is 0 Å². The molecular formula is C28H38BF3N3O. The number of nitrogens with zero attached hydrogens (tertiary/aromatic N) is 2. The number of aliphatic imine (C=N–C) groups is 2. The van der Waals surface area contributed by atoms with Gasteiger partial charge in [-0.05, 0) is 63.2 Å². The molecule has 1 N–H and O–H groups in total. The maximum atomic E-state index is 13.2. The Bertz CT molecular complexity index is 988. The van der Waals surface area contributed by atoms with Crippen LogP contribution in [0.4, 0.5) is 13.2 Å². The third-order valence-corrected chi connectivity index (χ3v) is 7.47. The van der Waals surface area contributed by atoms with Crippen molar-refractivity contribution in [1.82, 2.24) is 0 Å². The van der Waals surface area contributed by atoms with Gasteiger partial charge in [0, 0.05) is 35.7 Å². The van der Waals surface area contributed by atoms with Crippen LogP contribution in [-0.4, -0.2) is 43.9 Å². The molecule has 4 nitrogen and oxygen atoms in total. The Labute approximate surface area is 214 Å². The normalized spacial score (nSPS) is 27.4. The summed E-state index contributed by atoms with van der Waals surface area (Å²) in [6.07, 6.45) is 5.32. The molecule has 0 aromatic rings. The number of halogens is 3. The Morgan fingerprint density at radius 2 is 2.06 bits per heavy atom. The first-order valence-corrected chi connectivity index (χ1v) is 13.0. The molecule has 1 aliphatic carbocycles. The van der Waals surface area contributed by atoms with E-state index in [2.05, 4.69) is 18.9 Å². The van der Waals surface area contributed by atoms with E-state index >= 15 is 0 Å². The van der Waals surface area contributed by atoms with Crippen molar-refractivity contribution in [2.45, 2.75) is 84.3 Å². The third-order valence-electron chi connectivity index (χ3n) is 7.47. The summed E-state index contributed by atoms with van der Waals surface area (Å²) in [5.74, 6) is 1.64. The highest BCUT2D eigenvalue weighted by atomic mass is 19.4. The molecule has 3 rings (SSSR count). The number of dihydropyridines is 1. The fourth-order valence-electron chi connectivity index (χ4n) is 4.71. The van der Waals surface area contributed by atoms with Gasteiger partial charge in [-0.3, -0.25) is 0 Å². The summed E-state index contributed by atoms with van der Waals surface area (Å²) >= 11 is 0. The van der Waals surface area contributed by atoms with Gasteiger partial charge >= 0.3 is 6.18 Å². The minimum Gasteiger partial charge on any atom is -0.373 e. The molecule has 4 unspecified atom stereocenters. The molecule has 36 heavy (non-hydrogen) atoms.